The molecule has 1 atom stereocenters. The van der Waals surface area contributed by atoms with Crippen molar-refractivity contribution in [3.63, 3.8) is 0 Å². The summed E-state index contributed by atoms with van der Waals surface area (Å²) < 4.78 is 0. The molecule has 0 saturated carbocycles. The van der Waals surface area contributed by atoms with Gasteiger partial charge in [0.25, 0.3) is 0 Å². The van der Waals surface area contributed by atoms with Gasteiger partial charge in [-0.1, -0.05) is 6.42 Å². The van der Waals surface area contributed by atoms with Crippen molar-refractivity contribution in [1.82, 2.24) is 10.3 Å². The quantitative estimate of drug-likeness (QED) is 0.796. The Morgan fingerprint density at radius 1 is 1.57 bits per heavy atom. The molecule has 0 spiro atoms. The molecule has 3 nitrogen and oxygen atoms in total. The summed E-state index contributed by atoms with van der Waals surface area (Å²) in [6.07, 6.45) is 6.80. The van der Waals surface area contributed by atoms with Crippen LogP contribution in [0, 0.1) is 0 Å². The van der Waals surface area contributed by atoms with Crippen molar-refractivity contribution in [3.05, 3.63) is 16.1 Å². The van der Waals surface area contributed by atoms with Crippen LogP contribution < -0.4 is 11.1 Å². The van der Waals surface area contributed by atoms with Crippen LogP contribution in [0.1, 0.15) is 35.2 Å². The lowest BCUT2D eigenvalue weighted by molar-refractivity contribution is 0.411. The average Bonchev–Trinajstić information content (AvgIpc) is 2.68. The molecule has 0 radical (unpaired) electrons. The fourth-order valence-corrected chi connectivity index (χ4v) is 2.85. The van der Waals surface area contributed by atoms with E-state index in [1.807, 2.05) is 17.5 Å². The Kier molecular flexibility index (Phi) is 3.50. The Morgan fingerprint density at radius 3 is 3.21 bits per heavy atom. The Balaban J connectivity index is 2.00. The van der Waals surface area contributed by atoms with Gasteiger partial charge in [0.1, 0.15) is 5.01 Å². The number of hydrogen-bond donors (Lipinski definition) is 2. The largest absolute Gasteiger partial charge is 0.330 e. The molecule has 0 aromatic carbocycles. The topological polar surface area (TPSA) is 50.9 Å². The van der Waals surface area contributed by atoms with E-state index in [1.165, 1.54) is 29.1 Å². The minimum absolute atomic E-state index is 0.500. The van der Waals surface area contributed by atoms with Crippen LogP contribution in [-0.2, 0) is 6.42 Å². The number of rotatable bonds is 3. The summed E-state index contributed by atoms with van der Waals surface area (Å²) in [7, 11) is 0. The Labute approximate surface area is 88.7 Å². The van der Waals surface area contributed by atoms with Gasteiger partial charge in [-0.15, -0.1) is 11.3 Å². The van der Waals surface area contributed by atoms with Crippen molar-refractivity contribution < 1.29 is 0 Å². The molecule has 78 valence electrons. The SMILES string of the molecule is NCCc1cnc(C2CCCCN2)s1. The van der Waals surface area contributed by atoms with Crippen LogP contribution in [0.25, 0.3) is 0 Å². The van der Waals surface area contributed by atoms with Crippen LogP contribution in [0.2, 0.25) is 0 Å². The van der Waals surface area contributed by atoms with E-state index in [4.69, 9.17) is 5.73 Å². The second-order valence-electron chi connectivity index (χ2n) is 3.71. The third kappa shape index (κ3) is 2.32. The summed E-state index contributed by atoms with van der Waals surface area (Å²) in [6.45, 7) is 1.86. The zero-order chi connectivity index (χ0) is 9.80. The Bertz CT molecular complexity index is 279. The van der Waals surface area contributed by atoms with Crippen molar-refractivity contribution >= 4 is 11.3 Å². The zero-order valence-electron chi connectivity index (χ0n) is 8.33. The number of piperidine rings is 1. The smallest absolute Gasteiger partial charge is 0.110 e. The standard InChI is InChI=1S/C10H17N3S/c11-5-4-8-7-13-10(14-8)9-3-1-2-6-12-9/h7,9,12H,1-6,11H2. The summed E-state index contributed by atoms with van der Waals surface area (Å²) >= 11 is 1.81. The summed E-state index contributed by atoms with van der Waals surface area (Å²) in [4.78, 5) is 5.77. The first kappa shape index (κ1) is 10.1. The van der Waals surface area contributed by atoms with Crippen molar-refractivity contribution in [3.8, 4) is 0 Å². The zero-order valence-corrected chi connectivity index (χ0v) is 9.15. The molecule has 14 heavy (non-hydrogen) atoms. The predicted molar refractivity (Wildman–Crippen MR) is 59.5 cm³/mol. The molecular weight excluding hydrogens is 194 g/mol. The highest BCUT2D eigenvalue weighted by Crippen LogP contribution is 2.26. The summed E-state index contributed by atoms with van der Waals surface area (Å²) in [6, 6.07) is 0.500. The maximum absolute atomic E-state index is 5.51. The monoisotopic (exact) mass is 211 g/mol. The van der Waals surface area contributed by atoms with Gasteiger partial charge in [-0.2, -0.15) is 0 Å². The van der Waals surface area contributed by atoms with Crippen LogP contribution in [0.3, 0.4) is 0 Å². The van der Waals surface area contributed by atoms with Gasteiger partial charge in [-0.3, -0.25) is 0 Å². The number of nitrogens with two attached hydrogens (primary N) is 1. The highest BCUT2D eigenvalue weighted by molar-refractivity contribution is 7.11. The summed E-state index contributed by atoms with van der Waals surface area (Å²) in [5.41, 5.74) is 5.51. The van der Waals surface area contributed by atoms with Crippen molar-refractivity contribution in [2.45, 2.75) is 31.7 Å². The lowest BCUT2D eigenvalue weighted by Crippen LogP contribution is -2.26. The molecule has 1 aromatic rings. The van der Waals surface area contributed by atoms with Gasteiger partial charge in [-0.05, 0) is 32.4 Å². The summed E-state index contributed by atoms with van der Waals surface area (Å²) in [5, 5.41) is 4.75. The highest BCUT2D eigenvalue weighted by atomic mass is 32.1. The van der Waals surface area contributed by atoms with Crippen molar-refractivity contribution in [2.75, 3.05) is 13.1 Å². The second kappa shape index (κ2) is 4.87. The molecule has 2 heterocycles. The van der Waals surface area contributed by atoms with Gasteiger partial charge in [0.2, 0.25) is 0 Å². The fourth-order valence-electron chi connectivity index (χ4n) is 1.80. The molecule has 4 heteroatoms. The number of nitrogens with one attached hydrogen (secondary N) is 1. The molecule has 3 N–H and O–H groups in total. The molecule has 1 aliphatic rings. The molecule has 0 bridgehead atoms. The van der Waals surface area contributed by atoms with E-state index >= 15 is 0 Å². The lowest BCUT2D eigenvalue weighted by Gasteiger charge is -2.21. The number of thiazole rings is 1. The average molecular weight is 211 g/mol. The summed E-state index contributed by atoms with van der Waals surface area (Å²) in [5.74, 6) is 0. The molecular formula is C10H17N3S. The van der Waals surface area contributed by atoms with E-state index in [9.17, 15) is 0 Å². The highest BCUT2D eigenvalue weighted by Gasteiger charge is 2.17. The van der Waals surface area contributed by atoms with Crippen LogP contribution in [0.15, 0.2) is 6.20 Å². The van der Waals surface area contributed by atoms with Crippen LogP contribution in [0.4, 0.5) is 0 Å². The van der Waals surface area contributed by atoms with Crippen molar-refractivity contribution in [2.24, 2.45) is 5.73 Å². The molecule has 0 aliphatic carbocycles. The van der Waals surface area contributed by atoms with Gasteiger partial charge in [0.15, 0.2) is 0 Å². The van der Waals surface area contributed by atoms with E-state index in [1.54, 1.807) is 0 Å². The van der Waals surface area contributed by atoms with Crippen LogP contribution in [0.5, 0.6) is 0 Å². The predicted octanol–water partition coefficient (Wildman–Crippen LogP) is 1.46. The van der Waals surface area contributed by atoms with Gasteiger partial charge in [0, 0.05) is 11.1 Å². The van der Waals surface area contributed by atoms with E-state index in [0.29, 0.717) is 6.04 Å². The Hall–Kier alpha value is -0.450. The maximum Gasteiger partial charge on any atom is 0.110 e. The number of nitrogens with zero attached hydrogens (tertiary/aromatic N) is 1. The van der Waals surface area contributed by atoms with Gasteiger partial charge in [-0.25, -0.2) is 4.98 Å². The first-order valence-electron chi connectivity index (χ1n) is 5.28. The second-order valence-corrected chi connectivity index (χ2v) is 4.85. The number of hydrogen-bond acceptors (Lipinski definition) is 4. The molecule has 2 rings (SSSR count). The van der Waals surface area contributed by atoms with E-state index in [-0.39, 0.29) is 0 Å². The van der Waals surface area contributed by atoms with Gasteiger partial charge >= 0.3 is 0 Å². The fraction of sp³-hybridized carbons (Fsp3) is 0.700. The number of aromatic nitrogens is 1. The molecule has 1 aromatic heterocycles. The third-order valence-corrected chi connectivity index (χ3v) is 3.74. The molecule has 1 saturated heterocycles. The third-order valence-electron chi connectivity index (χ3n) is 2.57. The minimum atomic E-state index is 0.500. The van der Waals surface area contributed by atoms with Gasteiger partial charge in [0.05, 0.1) is 6.04 Å². The molecule has 1 aliphatic heterocycles. The molecule has 1 fully saturated rings. The van der Waals surface area contributed by atoms with E-state index < -0.39 is 0 Å². The van der Waals surface area contributed by atoms with Crippen LogP contribution in [-0.4, -0.2) is 18.1 Å². The maximum atomic E-state index is 5.51. The minimum Gasteiger partial charge on any atom is -0.330 e. The first-order chi connectivity index (χ1) is 6.90. The van der Waals surface area contributed by atoms with Crippen molar-refractivity contribution in [1.29, 1.82) is 0 Å². The molecule has 1 unspecified atom stereocenters. The molecule has 0 amide bonds. The van der Waals surface area contributed by atoms with Crippen LogP contribution >= 0.6 is 11.3 Å². The van der Waals surface area contributed by atoms with E-state index in [0.717, 1.165) is 19.5 Å². The lowest BCUT2D eigenvalue weighted by atomic mass is 10.1. The normalized spacial score (nSPS) is 22.5. The Morgan fingerprint density at radius 2 is 2.50 bits per heavy atom. The van der Waals surface area contributed by atoms with E-state index in [2.05, 4.69) is 10.3 Å². The van der Waals surface area contributed by atoms with Gasteiger partial charge < -0.3 is 11.1 Å². The first-order valence-corrected chi connectivity index (χ1v) is 6.10.